The van der Waals surface area contributed by atoms with Crippen LogP contribution in [0.15, 0.2) is 81.1 Å². The van der Waals surface area contributed by atoms with Crippen LogP contribution in [0.5, 0.6) is 28.7 Å². The Bertz CT molecular complexity index is 2250. The summed E-state index contributed by atoms with van der Waals surface area (Å²) in [7, 11) is 1.52. The van der Waals surface area contributed by atoms with Crippen LogP contribution in [0, 0.1) is 11.3 Å². The van der Waals surface area contributed by atoms with Crippen LogP contribution in [0.25, 0.3) is 28.2 Å². The smallest absolute Gasteiger partial charge is 0.348 e. The van der Waals surface area contributed by atoms with Gasteiger partial charge in [-0.1, -0.05) is 48.4 Å². The summed E-state index contributed by atoms with van der Waals surface area (Å²) in [5.41, 5.74) is 5.89. The minimum atomic E-state index is -0.694. The summed E-state index contributed by atoms with van der Waals surface area (Å²) in [6, 6.07) is 11.8. The number of rotatable bonds is 4. The molecule has 2 fully saturated rings. The molecule has 0 amide bonds. The Morgan fingerprint density at radius 2 is 1.73 bits per heavy atom. The second kappa shape index (κ2) is 13.1. The zero-order valence-electron chi connectivity index (χ0n) is 30.6. The molecule has 2 heterocycles. The lowest BCUT2D eigenvalue weighted by atomic mass is 9.60. The Morgan fingerprint density at radius 1 is 1.00 bits per heavy atom. The molecule has 3 aliphatic carbocycles. The number of aromatic hydroxyl groups is 3. The number of allylic oxidation sites excluding steroid dienone is 4. The monoisotopic (exact) mass is 702 g/mol. The second-order valence-electron chi connectivity index (χ2n) is 15.5. The average Bonchev–Trinajstić information content (AvgIpc) is 3.41. The van der Waals surface area contributed by atoms with Crippen molar-refractivity contribution in [2.75, 3.05) is 7.11 Å². The van der Waals surface area contributed by atoms with Gasteiger partial charge in [0, 0.05) is 23.3 Å². The van der Waals surface area contributed by atoms with Gasteiger partial charge in [0.15, 0.2) is 5.58 Å². The molecule has 2 saturated carbocycles. The van der Waals surface area contributed by atoms with Gasteiger partial charge in [0.05, 0.1) is 12.7 Å². The molecular formula is C44H46O8. The Hall–Kier alpha value is -5.24. The van der Waals surface area contributed by atoms with Gasteiger partial charge >= 0.3 is 5.63 Å². The molecule has 0 saturated heterocycles. The molecule has 1 aliphatic heterocycles. The molecule has 4 aromatic rings. The molecule has 1 aromatic heterocycles. The predicted molar refractivity (Wildman–Crippen MR) is 202 cm³/mol. The van der Waals surface area contributed by atoms with Crippen molar-refractivity contribution in [3.63, 3.8) is 0 Å². The number of hydrogen-bond donors (Lipinski definition) is 3. The van der Waals surface area contributed by atoms with Crippen LogP contribution in [0.1, 0.15) is 88.5 Å². The number of methoxy groups -OCH3 is 1. The Labute approximate surface area is 303 Å². The molecule has 0 radical (unpaired) electrons. The second-order valence-corrected chi connectivity index (χ2v) is 15.5. The van der Waals surface area contributed by atoms with Crippen LogP contribution in [0.2, 0.25) is 0 Å². The maximum absolute atomic E-state index is 12.9. The molecule has 52 heavy (non-hydrogen) atoms. The zero-order chi connectivity index (χ0) is 37.1. The van der Waals surface area contributed by atoms with Crippen LogP contribution < -0.4 is 15.1 Å². The summed E-state index contributed by atoms with van der Waals surface area (Å²) in [5.74, 6) is 2.54. The number of fused-ring (bicyclic) bond motifs is 8. The van der Waals surface area contributed by atoms with E-state index in [2.05, 4.69) is 25.1 Å². The van der Waals surface area contributed by atoms with E-state index in [0.717, 1.165) is 43.2 Å². The molecule has 3 unspecified atom stereocenters. The van der Waals surface area contributed by atoms with Gasteiger partial charge < -0.3 is 29.2 Å². The molecule has 8 heteroatoms. The maximum atomic E-state index is 12.9. The standard InChI is InChI=1S/C26H26O6.C18H20O2/c1-14(2)6-11-17-22-18(12-13-26(3,4)32-22)24-20(23(17)30-5)21(28)19(25(29)31-24)15-7-9-16(27)10-8-15;1-18-9-8-14-13-5-3-12(19)10-11(13)2-4-15(14)16(18)6-7-17(18)20/h6-10,12-13,27-28H,11H2,1-5H3;3-5,10,14,16,19H,2,6-9H2,1H3. The molecular weight excluding hydrogens is 656 g/mol. The van der Waals surface area contributed by atoms with Gasteiger partial charge in [0.2, 0.25) is 0 Å². The lowest BCUT2D eigenvalue weighted by Gasteiger charge is -2.43. The van der Waals surface area contributed by atoms with E-state index < -0.39 is 11.2 Å². The summed E-state index contributed by atoms with van der Waals surface area (Å²) >= 11 is 0. The first-order valence-electron chi connectivity index (χ1n) is 18.0. The van der Waals surface area contributed by atoms with Crippen molar-refractivity contribution >= 4 is 22.8 Å². The molecule has 0 spiro atoms. The number of Topliss-reactive ketones (excluding diaryl/α,β-unsaturated/α-hetero) is 1. The van der Waals surface area contributed by atoms with Crippen molar-refractivity contribution in [2.24, 2.45) is 11.3 Å². The Kier molecular flexibility index (Phi) is 8.84. The van der Waals surface area contributed by atoms with E-state index in [1.807, 2.05) is 45.9 Å². The number of carbonyl (C=O) groups is 1. The summed E-state index contributed by atoms with van der Waals surface area (Å²) in [4.78, 5) is 25.2. The third kappa shape index (κ3) is 5.98. The highest BCUT2D eigenvalue weighted by atomic mass is 16.5. The van der Waals surface area contributed by atoms with E-state index in [-0.39, 0.29) is 28.1 Å². The fourth-order valence-corrected chi connectivity index (χ4v) is 8.62. The number of phenols is 2. The van der Waals surface area contributed by atoms with Gasteiger partial charge in [-0.25, -0.2) is 4.79 Å². The molecule has 0 bridgehead atoms. The average molecular weight is 703 g/mol. The molecule has 3 aromatic carbocycles. The van der Waals surface area contributed by atoms with Crippen molar-refractivity contribution in [1.82, 2.24) is 0 Å². The SMILES string of the molecule is CC12CCC3C(=CCc4cc(O)ccc43)C1CCC2=O.COc1c(CC=C(C)C)c2c(c3oc(=O)c(-c4ccc(O)cc4)c(O)c13)C=CC(C)(C)O2. The largest absolute Gasteiger partial charge is 0.508 e. The number of benzene rings is 3. The fraction of sp³-hybridized carbons (Fsp3) is 0.364. The van der Waals surface area contributed by atoms with Crippen molar-refractivity contribution in [3.05, 3.63) is 105 Å². The summed E-state index contributed by atoms with van der Waals surface area (Å²) in [5, 5.41) is 30.8. The van der Waals surface area contributed by atoms with Crippen molar-refractivity contribution in [1.29, 1.82) is 0 Å². The van der Waals surface area contributed by atoms with Crippen LogP contribution in [-0.4, -0.2) is 33.8 Å². The summed E-state index contributed by atoms with van der Waals surface area (Å²) in [6.45, 7) is 10.1. The quantitative estimate of drug-likeness (QED) is 0.142. The molecule has 4 aliphatic rings. The molecule has 8 rings (SSSR count). The summed E-state index contributed by atoms with van der Waals surface area (Å²) < 4.78 is 17.8. The topological polar surface area (TPSA) is 126 Å². The first-order chi connectivity index (χ1) is 24.7. The van der Waals surface area contributed by atoms with Gasteiger partial charge in [-0.05, 0) is 119 Å². The third-order valence-corrected chi connectivity index (χ3v) is 11.3. The minimum absolute atomic E-state index is 0.00458. The first-order valence-corrected chi connectivity index (χ1v) is 18.0. The van der Waals surface area contributed by atoms with E-state index in [1.54, 1.807) is 18.2 Å². The highest BCUT2D eigenvalue weighted by Gasteiger charge is 2.52. The molecule has 3 N–H and O–H groups in total. The number of ether oxygens (including phenoxy) is 2. The number of phenolic OH excluding ortho intramolecular Hbond substituents is 2. The van der Waals surface area contributed by atoms with Crippen molar-refractivity contribution in [3.8, 4) is 39.9 Å². The molecule has 8 nitrogen and oxygen atoms in total. The van der Waals surface area contributed by atoms with Crippen LogP contribution >= 0.6 is 0 Å². The van der Waals surface area contributed by atoms with E-state index in [4.69, 9.17) is 13.9 Å². The van der Waals surface area contributed by atoms with Gasteiger partial charge in [-0.2, -0.15) is 0 Å². The van der Waals surface area contributed by atoms with E-state index in [9.17, 15) is 24.9 Å². The lowest BCUT2D eigenvalue weighted by Crippen LogP contribution is -2.37. The van der Waals surface area contributed by atoms with Gasteiger partial charge in [0.25, 0.3) is 0 Å². The van der Waals surface area contributed by atoms with Crippen molar-refractivity contribution in [2.45, 2.75) is 84.7 Å². The van der Waals surface area contributed by atoms with Crippen LogP contribution in [0.4, 0.5) is 0 Å². The first kappa shape index (κ1) is 35.2. The van der Waals surface area contributed by atoms with E-state index >= 15 is 0 Å². The number of ketones is 1. The minimum Gasteiger partial charge on any atom is -0.508 e. The van der Waals surface area contributed by atoms with Crippen LogP contribution in [-0.2, 0) is 17.6 Å². The third-order valence-electron chi connectivity index (χ3n) is 11.3. The predicted octanol–water partition coefficient (Wildman–Crippen LogP) is 9.31. The normalized spacial score (nSPS) is 22.1. The van der Waals surface area contributed by atoms with E-state index in [1.165, 1.54) is 35.9 Å². The Balaban J connectivity index is 0.000000179. The number of carbonyl (C=O) groups excluding carboxylic acids is 1. The lowest BCUT2D eigenvalue weighted by molar-refractivity contribution is -0.126. The maximum Gasteiger partial charge on any atom is 0.348 e. The van der Waals surface area contributed by atoms with Crippen LogP contribution in [0.3, 0.4) is 0 Å². The van der Waals surface area contributed by atoms with Crippen molar-refractivity contribution < 1.29 is 34.0 Å². The van der Waals surface area contributed by atoms with Gasteiger partial charge in [-0.3, -0.25) is 4.79 Å². The molecule has 270 valence electrons. The number of hydrogen-bond acceptors (Lipinski definition) is 8. The highest BCUT2D eigenvalue weighted by Crippen LogP contribution is 2.58. The van der Waals surface area contributed by atoms with Gasteiger partial charge in [-0.15, -0.1) is 0 Å². The summed E-state index contributed by atoms with van der Waals surface area (Å²) in [6.07, 6.45) is 13.4. The highest BCUT2D eigenvalue weighted by molar-refractivity contribution is 6.02. The molecule has 3 atom stereocenters. The van der Waals surface area contributed by atoms with Gasteiger partial charge in [0.1, 0.15) is 51.1 Å². The zero-order valence-corrected chi connectivity index (χ0v) is 30.6. The fourth-order valence-electron chi connectivity index (χ4n) is 8.62. The van der Waals surface area contributed by atoms with E-state index in [0.29, 0.717) is 57.8 Å². The Morgan fingerprint density at radius 3 is 2.44 bits per heavy atom.